The summed E-state index contributed by atoms with van der Waals surface area (Å²) < 4.78 is 5.21. The lowest BCUT2D eigenvalue weighted by Crippen LogP contribution is -2.41. The summed E-state index contributed by atoms with van der Waals surface area (Å²) >= 11 is 4.97. The predicted molar refractivity (Wildman–Crippen MR) is 75.0 cm³/mol. The topological polar surface area (TPSA) is 59.5 Å². The van der Waals surface area contributed by atoms with E-state index < -0.39 is 5.92 Å². The van der Waals surface area contributed by atoms with Gasteiger partial charge in [-0.05, 0) is 18.9 Å². The minimum absolute atomic E-state index is 0.0434. The van der Waals surface area contributed by atoms with Crippen LogP contribution >= 0.6 is 12.2 Å². The van der Waals surface area contributed by atoms with E-state index in [1.54, 1.807) is 18.2 Å². The number of carbonyl (C=O) groups is 1. The Morgan fingerprint density at radius 3 is 2.56 bits per heavy atom. The molecule has 100 valence electrons. The fourth-order valence-corrected chi connectivity index (χ4v) is 2.25. The lowest BCUT2D eigenvalue weighted by Gasteiger charge is -2.25. The maximum atomic E-state index is 12.3. The Labute approximate surface area is 113 Å². The minimum Gasteiger partial charge on any atom is -0.469 e. The highest BCUT2D eigenvalue weighted by Gasteiger charge is 2.28. The van der Waals surface area contributed by atoms with Crippen LogP contribution in [0.3, 0.4) is 0 Å². The molecule has 1 atom stereocenters. The van der Waals surface area contributed by atoms with Crippen molar-refractivity contribution >= 4 is 23.1 Å². The van der Waals surface area contributed by atoms with Crippen molar-refractivity contribution in [3.05, 3.63) is 23.7 Å². The number of thiocarbonyl (C=S) groups is 1. The summed E-state index contributed by atoms with van der Waals surface area (Å²) in [4.78, 5) is 14.2. The molecule has 0 aliphatic rings. The van der Waals surface area contributed by atoms with E-state index in [2.05, 4.69) is 0 Å². The summed E-state index contributed by atoms with van der Waals surface area (Å²) in [7, 11) is 1.75. The zero-order chi connectivity index (χ0) is 13.9. The summed E-state index contributed by atoms with van der Waals surface area (Å²) in [6, 6.07) is 1.87. The van der Waals surface area contributed by atoms with Crippen LogP contribution in [0.4, 0.5) is 0 Å². The van der Waals surface area contributed by atoms with Gasteiger partial charge in [0, 0.05) is 19.2 Å². The third-order valence-electron chi connectivity index (χ3n) is 2.99. The zero-order valence-corrected chi connectivity index (χ0v) is 12.1. The standard InChI is InChI=1S/C13H20N2O2S/c1-8(2)11(12(14)18)13(16)15(4)7-10-5-6-17-9(10)3/h5-6,8,11H,7H2,1-4H3,(H2,14,18). The molecule has 18 heavy (non-hydrogen) atoms. The van der Waals surface area contributed by atoms with Gasteiger partial charge in [0.2, 0.25) is 5.91 Å². The molecule has 1 unspecified atom stereocenters. The Kier molecular flexibility index (Phi) is 4.90. The number of hydrogen-bond acceptors (Lipinski definition) is 3. The second-order valence-electron chi connectivity index (χ2n) is 4.82. The number of rotatable bonds is 5. The Hall–Kier alpha value is -1.36. The quantitative estimate of drug-likeness (QED) is 0.831. The molecule has 0 aliphatic carbocycles. The first kappa shape index (κ1) is 14.7. The molecule has 1 amide bonds. The molecule has 0 bridgehead atoms. The fraction of sp³-hybridized carbons (Fsp3) is 0.538. The highest BCUT2D eigenvalue weighted by molar-refractivity contribution is 7.80. The summed E-state index contributed by atoms with van der Waals surface area (Å²) in [6.45, 7) is 6.27. The first-order valence-electron chi connectivity index (χ1n) is 5.91. The van der Waals surface area contributed by atoms with Gasteiger partial charge < -0.3 is 15.1 Å². The van der Waals surface area contributed by atoms with Crippen molar-refractivity contribution in [3.8, 4) is 0 Å². The number of carbonyl (C=O) groups excluding carboxylic acids is 1. The van der Waals surface area contributed by atoms with Gasteiger partial charge in [-0.15, -0.1) is 0 Å². The molecule has 1 rings (SSSR count). The van der Waals surface area contributed by atoms with Crippen molar-refractivity contribution in [2.45, 2.75) is 27.3 Å². The van der Waals surface area contributed by atoms with Crippen LogP contribution in [-0.2, 0) is 11.3 Å². The van der Waals surface area contributed by atoms with E-state index in [1.807, 2.05) is 26.8 Å². The van der Waals surface area contributed by atoms with Gasteiger partial charge in [0.1, 0.15) is 5.76 Å². The van der Waals surface area contributed by atoms with Crippen LogP contribution in [0, 0.1) is 18.8 Å². The molecule has 1 aromatic rings. The van der Waals surface area contributed by atoms with E-state index >= 15 is 0 Å². The monoisotopic (exact) mass is 268 g/mol. The lowest BCUT2D eigenvalue weighted by atomic mass is 9.94. The number of aryl methyl sites for hydroxylation is 1. The third kappa shape index (κ3) is 3.32. The summed E-state index contributed by atoms with van der Waals surface area (Å²) in [5.74, 6) is 0.476. The SMILES string of the molecule is Cc1occc1CN(C)C(=O)C(C(N)=S)C(C)C. The molecular formula is C13H20N2O2S. The van der Waals surface area contributed by atoms with E-state index in [1.165, 1.54) is 0 Å². The molecule has 1 heterocycles. The Morgan fingerprint density at radius 2 is 2.17 bits per heavy atom. The number of nitrogens with two attached hydrogens (primary N) is 1. The molecule has 0 aromatic carbocycles. The van der Waals surface area contributed by atoms with Crippen LogP contribution in [0.5, 0.6) is 0 Å². The molecule has 0 saturated heterocycles. The van der Waals surface area contributed by atoms with Crippen LogP contribution in [0.25, 0.3) is 0 Å². The second kappa shape index (κ2) is 6.00. The third-order valence-corrected chi connectivity index (χ3v) is 3.24. The Bertz CT molecular complexity index is 440. The average Bonchev–Trinajstić information content (AvgIpc) is 2.63. The highest BCUT2D eigenvalue weighted by Crippen LogP contribution is 2.17. The van der Waals surface area contributed by atoms with Crippen LogP contribution in [0.2, 0.25) is 0 Å². The molecule has 0 fully saturated rings. The molecule has 0 radical (unpaired) electrons. The van der Waals surface area contributed by atoms with Crippen LogP contribution in [0.1, 0.15) is 25.2 Å². The maximum absolute atomic E-state index is 12.3. The van der Waals surface area contributed by atoms with Gasteiger partial charge in [-0.25, -0.2) is 0 Å². The molecule has 0 saturated carbocycles. The number of hydrogen-bond donors (Lipinski definition) is 1. The molecule has 4 nitrogen and oxygen atoms in total. The van der Waals surface area contributed by atoms with Crippen molar-refractivity contribution in [2.24, 2.45) is 17.6 Å². The summed E-state index contributed by atoms with van der Waals surface area (Å²) in [5, 5.41) is 0. The predicted octanol–water partition coefficient (Wildman–Crippen LogP) is 2.10. The van der Waals surface area contributed by atoms with Crippen LogP contribution in [-0.4, -0.2) is 22.8 Å². The molecule has 5 heteroatoms. The minimum atomic E-state index is -0.405. The number of furan rings is 1. The van der Waals surface area contributed by atoms with Crippen molar-refractivity contribution in [1.82, 2.24) is 4.90 Å². The smallest absolute Gasteiger partial charge is 0.232 e. The molecule has 0 aliphatic heterocycles. The largest absolute Gasteiger partial charge is 0.469 e. The van der Waals surface area contributed by atoms with E-state index in [0.717, 1.165) is 11.3 Å². The van der Waals surface area contributed by atoms with E-state index in [4.69, 9.17) is 22.4 Å². The molecule has 2 N–H and O–H groups in total. The van der Waals surface area contributed by atoms with Gasteiger partial charge >= 0.3 is 0 Å². The lowest BCUT2D eigenvalue weighted by molar-refractivity contribution is -0.133. The number of amides is 1. The van der Waals surface area contributed by atoms with Gasteiger partial charge in [0.05, 0.1) is 17.2 Å². The zero-order valence-electron chi connectivity index (χ0n) is 11.3. The molecule has 1 aromatic heterocycles. The van der Waals surface area contributed by atoms with Gasteiger partial charge in [-0.3, -0.25) is 4.79 Å². The summed E-state index contributed by atoms with van der Waals surface area (Å²) in [5.41, 5.74) is 6.64. The van der Waals surface area contributed by atoms with Gasteiger partial charge in [0.25, 0.3) is 0 Å². The average molecular weight is 268 g/mol. The van der Waals surface area contributed by atoms with Crippen molar-refractivity contribution < 1.29 is 9.21 Å². The van der Waals surface area contributed by atoms with E-state index in [0.29, 0.717) is 6.54 Å². The van der Waals surface area contributed by atoms with Crippen molar-refractivity contribution in [1.29, 1.82) is 0 Å². The normalized spacial score (nSPS) is 12.5. The van der Waals surface area contributed by atoms with Crippen LogP contribution < -0.4 is 5.73 Å². The molecular weight excluding hydrogens is 248 g/mol. The van der Waals surface area contributed by atoms with Gasteiger partial charge in [-0.1, -0.05) is 26.1 Å². The van der Waals surface area contributed by atoms with Crippen molar-refractivity contribution in [2.75, 3.05) is 7.05 Å². The van der Waals surface area contributed by atoms with Crippen LogP contribution in [0.15, 0.2) is 16.7 Å². The first-order valence-corrected chi connectivity index (χ1v) is 6.32. The Morgan fingerprint density at radius 1 is 1.56 bits per heavy atom. The van der Waals surface area contributed by atoms with E-state index in [9.17, 15) is 4.79 Å². The molecule has 0 spiro atoms. The van der Waals surface area contributed by atoms with E-state index in [-0.39, 0.29) is 16.8 Å². The highest BCUT2D eigenvalue weighted by atomic mass is 32.1. The van der Waals surface area contributed by atoms with Gasteiger partial charge in [-0.2, -0.15) is 0 Å². The Balaban J connectivity index is 2.77. The fourth-order valence-electron chi connectivity index (χ4n) is 1.88. The second-order valence-corrected chi connectivity index (χ2v) is 5.29. The number of nitrogens with zero attached hydrogens (tertiary/aromatic N) is 1. The van der Waals surface area contributed by atoms with Crippen molar-refractivity contribution in [3.63, 3.8) is 0 Å². The van der Waals surface area contributed by atoms with Gasteiger partial charge in [0.15, 0.2) is 0 Å². The first-order chi connectivity index (χ1) is 8.34. The maximum Gasteiger partial charge on any atom is 0.232 e. The summed E-state index contributed by atoms with van der Waals surface area (Å²) in [6.07, 6.45) is 1.62.